The van der Waals surface area contributed by atoms with Crippen LogP contribution >= 0.6 is 11.6 Å². The van der Waals surface area contributed by atoms with Crippen LogP contribution in [0.25, 0.3) is 16.6 Å². The lowest BCUT2D eigenvalue weighted by Gasteiger charge is -2.39. The number of hydrogen-bond acceptors (Lipinski definition) is 11. The van der Waals surface area contributed by atoms with E-state index in [1.54, 1.807) is 24.4 Å². The molecular formula is C47H50ClF3N6O7S. The minimum atomic E-state index is -4.49. The van der Waals surface area contributed by atoms with Crippen LogP contribution in [-0.4, -0.2) is 92.2 Å². The molecule has 0 bridgehead atoms. The third kappa shape index (κ3) is 10.8. The minimum absolute atomic E-state index is 0.00855. The molecule has 3 aliphatic rings. The number of sulfone groups is 1. The molecule has 2 fully saturated rings. The van der Waals surface area contributed by atoms with Crippen molar-refractivity contribution in [2.75, 3.05) is 68.5 Å². The van der Waals surface area contributed by atoms with E-state index >= 15 is 0 Å². The number of H-pyrrole nitrogens is 1. The highest BCUT2D eigenvalue weighted by Gasteiger charge is 2.34. The number of aromatic amines is 1. The number of allylic oxidation sites excluding steroid dienone is 1. The van der Waals surface area contributed by atoms with Gasteiger partial charge in [-0.15, -0.1) is 0 Å². The molecule has 13 nitrogen and oxygen atoms in total. The Bertz CT molecular complexity index is 2750. The van der Waals surface area contributed by atoms with Gasteiger partial charge in [0.25, 0.3) is 5.69 Å². The quantitative estimate of drug-likeness (QED) is 0.0620. The van der Waals surface area contributed by atoms with Crippen molar-refractivity contribution in [1.82, 2.24) is 14.9 Å². The first-order chi connectivity index (χ1) is 30.9. The molecule has 1 atom stereocenters. The molecule has 0 saturated carbocycles. The van der Waals surface area contributed by atoms with Gasteiger partial charge in [0.15, 0.2) is 15.6 Å². The molecule has 0 radical (unpaired) electrons. The molecular weight excluding hydrogens is 885 g/mol. The van der Waals surface area contributed by atoms with Crippen molar-refractivity contribution in [3.63, 3.8) is 0 Å². The van der Waals surface area contributed by atoms with E-state index < -0.39 is 43.7 Å². The van der Waals surface area contributed by atoms with Crippen LogP contribution in [0.15, 0.2) is 89.6 Å². The van der Waals surface area contributed by atoms with Crippen LogP contribution in [0.3, 0.4) is 0 Å². The molecule has 2 N–H and O–H groups in total. The van der Waals surface area contributed by atoms with Crippen LogP contribution in [-0.2, 0) is 20.8 Å². The highest BCUT2D eigenvalue weighted by atomic mass is 35.5. The number of ketones is 1. The van der Waals surface area contributed by atoms with Gasteiger partial charge in [0.2, 0.25) is 0 Å². The number of ether oxygens (including phenoxy) is 2. The van der Waals surface area contributed by atoms with E-state index in [-0.39, 0.29) is 38.3 Å². The smallest absolute Gasteiger partial charge is 0.416 e. The van der Waals surface area contributed by atoms with Crippen molar-refractivity contribution in [2.45, 2.75) is 57.0 Å². The summed E-state index contributed by atoms with van der Waals surface area (Å²) in [4.78, 5) is 37.0. The Morgan fingerprint density at radius 3 is 2.60 bits per heavy atom. The molecule has 2 aromatic heterocycles. The number of carbonyl (C=O) groups is 1. The van der Waals surface area contributed by atoms with E-state index in [0.717, 1.165) is 66.1 Å². The number of halogens is 4. The Labute approximate surface area is 380 Å². The Morgan fingerprint density at radius 1 is 1.08 bits per heavy atom. The summed E-state index contributed by atoms with van der Waals surface area (Å²) in [6.45, 7) is 9.13. The van der Waals surface area contributed by atoms with Gasteiger partial charge in [0.1, 0.15) is 28.6 Å². The maximum Gasteiger partial charge on any atom is 0.416 e. The Kier molecular flexibility index (Phi) is 13.3. The molecule has 18 heteroatoms. The molecule has 1 aliphatic carbocycles. The molecule has 8 rings (SSSR count). The van der Waals surface area contributed by atoms with Gasteiger partial charge in [0.05, 0.1) is 33.7 Å². The molecule has 1 unspecified atom stereocenters. The lowest BCUT2D eigenvalue weighted by Crippen LogP contribution is -2.47. The van der Waals surface area contributed by atoms with Crippen LogP contribution in [0.4, 0.5) is 30.2 Å². The monoisotopic (exact) mass is 934 g/mol. The predicted octanol–water partition coefficient (Wildman–Crippen LogP) is 10.2. The Morgan fingerprint density at radius 2 is 1.88 bits per heavy atom. The normalized spacial score (nSPS) is 18.5. The Balaban J connectivity index is 1.01. The first kappa shape index (κ1) is 46.1. The van der Waals surface area contributed by atoms with E-state index in [4.69, 9.17) is 21.1 Å². The van der Waals surface area contributed by atoms with Gasteiger partial charge in [-0.1, -0.05) is 37.1 Å². The summed E-state index contributed by atoms with van der Waals surface area (Å²) in [5.41, 5.74) is 3.10. The third-order valence-electron chi connectivity index (χ3n) is 12.5. The number of carbonyl (C=O) groups excluding carboxylic acids is 1. The highest BCUT2D eigenvalue weighted by molar-refractivity contribution is 7.92. The number of nitrogens with one attached hydrogen (secondary N) is 2. The van der Waals surface area contributed by atoms with Crippen molar-refractivity contribution < 1.29 is 40.8 Å². The maximum absolute atomic E-state index is 14.0. The number of nitrogens with zero attached hydrogens (tertiary/aromatic N) is 4. The molecule has 344 valence electrons. The van der Waals surface area contributed by atoms with Crippen molar-refractivity contribution in [1.29, 1.82) is 0 Å². The van der Waals surface area contributed by atoms with Gasteiger partial charge in [-0.25, -0.2) is 13.4 Å². The zero-order valence-electron chi connectivity index (χ0n) is 36.0. The summed E-state index contributed by atoms with van der Waals surface area (Å²) in [6.07, 6.45) is 2.96. The predicted molar refractivity (Wildman–Crippen MR) is 244 cm³/mol. The number of nitro benzene ring substituents is 1. The number of rotatable bonds is 14. The van der Waals surface area contributed by atoms with Crippen LogP contribution in [0.5, 0.6) is 11.5 Å². The van der Waals surface area contributed by atoms with E-state index in [1.165, 1.54) is 30.5 Å². The average molecular weight is 935 g/mol. The number of fused-ring (bicyclic) bond motifs is 1. The largest absolute Gasteiger partial charge is 0.455 e. The third-order valence-corrected chi connectivity index (χ3v) is 14.4. The second kappa shape index (κ2) is 18.8. The first-order valence-electron chi connectivity index (χ1n) is 21.6. The lowest BCUT2D eigenvalue weighted by atomic mass is 9.72. The number of aromatic nitrogens is 2. The van der Waals surface area contributed by atoms with Crippen molar-refractivity contribution in [3.05, 3.63) is 117 Å². The Hall–Kier alpha value is -5.49. The van der Waals surface area contributed by atoms with Crippen LogP contribution in [0, 0.1) is 21.4 Å². The van der Waals surface area contributed by atoms with E-state index in [2.05, 4.69) is 38.9 Å². The molecule has 4 heterocycles. The van der Waals surface area contributed by atoms with Gasteiger partial charge in [-0.05, 0) is 103 Å². The minimum Gasteiger partial charge on any atom is -0.455 e. The summed E-state index contributed by atoms with van der Waals surface area (Å²) < 4.78 is 79.9. The van der Waals surface area contributed by atoms with Gasteiger partial charge >= 0.3 is 6.18 Å². The molecule has 3 aromatic carbocycles. The number of piperazine rings is 1. The van der Waals surface area contributed by atoms with Gasteiger partial charge in [-0.3, -0.25) is 19.8 Å². The zero-order valence-corrected chi connectivity index (χ0v) is 37.6. The molecule has 0 amide bonds. The summed E-state index contributed by atoms with van der Waals surface area (Å²) in [6, 6.07) is 15.8. The van der Waals surface area contributed by atoms with Crippen molar-refractivity contribution >= 4 is 60.9 Å². The summed E-state index contributed by atoms with van der Waals surface area (Å²) >= 11 is 6.54. The summed E-state index contributed by atoms with van der Waals surface area (Å²) in [5, 5.41) is 16.0. The van der Waals surface area contributed by atoms with E-state index in [1.807, 2.05) is 6.07 Å². The van der Waals surface area contributed by atoms with Crippen LogP contribution in [0.1, 0.15) is 67.4 Å². The fourth-order valence-electron chi connectivity index (χ4n) is 8.85. The number of nitro groups is 1. The number of pyridine rings is 1. The average Bonchev–Trinajstić information content (AvgIpc) is 3.74. The number of benzene rings is 3. The van der Waals surface area contributed by atoms with E-state index in [9.17, 15) is 36.5 Å². The second-order valence-electron chi connectivity index (χ2n) is 17.8. The van der Waals surface area contributed by atoms with Gasteiger partial charge in [0, 0.05) is 80.3 Å². The standard InChI is InChI=1S/C47H50ClF3N6O7S/c1-46(2)13-11-32(39(24-46)37-8-5-33(21-40(37)48)47(49,50)51)27-55-15-17-56(18-16-55)34-6-9-38(44(22-34)64-35-20-31-12-14-52-45(31)54-26-35)43(58)29-65(61,62)36-7-10-41(42(23-36)57(59)60)53-25-30-4-3-19-63-28-30/h5-10,12,14,20-23,26,30,53H,3-4,11,13,15-19,24-25,27-29H2,1-2H3,(H,52,54). The number of Topliss-reactive ketones (excluding diaryl/α,β-unsaturated/α-hetero) is 1. The molecule has 65 heavy (non-hydrogen) atoms. The zero-order chi connectivity index (χ0) is 46.1. The fourth-order valence-corrected chi connectivity index (χ4v) is 10.4. The molecule has 0 spiro atoms. The first-order valence-corrected chi connectivity index (χ1v) is 23.6. The SMILES string of the molecule is CC1(C)CCC(CN2CCN(c3ccc(C(=O)CS(=O)(=O)c4ccc(NCC5CCCOC5)c([N+](=O)[O-])c4)c(Oc4cnc5[nH]ccc5c4)c3)CC2)=C(c2ccc(C(F)(F)F)cc2Cl)C1. The van der Waals surface area contributed by atoms with Crippen LogP contribution in [0.2, 0.25) is 5.02 Å². The number of hydrogen-bond donors (Lipinski definition) is 2. The van der Waals surface area contributed by atoms with Crippen LogP contribution < -0.4 is 15.0 Å². The van der Waals surface area contributed by atoms with Gasteiger partial charge < -0.3 is 24.7 Å². The summed E-state index contributed by atoms with van der Waals surface area (Å²) in [7, 11) is -4.36. The second-order valence-corrected chi connectivity index (χ2v) is 20.2. The molecule has 2 saturated heterocycles. The van der Waals surface area contributed by atoms with Crippen molar-refractivity contribution in [3.8, 4) is 11.5 Å². The number of anilines is 2. The molecule has 5 aromatic rings. The van der Waals surface area contributed by atoms with Crippen molar-refractivity contribution in [2.24, 2.45) is 11.3 Å². The molecule has 2 aliphatic heterocycles. The van der Waals surface area contributed by atoms with Gasteiger partial charge in [-0.2, -0.15) is 13.2 Å². The topological polar surface area (TPSA) is 160 Å². The highest BCUT2D eigenvalue weighted by Crippen LogP contribution is 2.46. The number of alkyl halides is 3. The van der Waals surface area contributed by atoms with E-state index in [0.29, 0.717) is 75.9 Å². The fraction of sp³-hybridized carbons (Fsp3) is 0.404. The lowest BCUT2D eigenvalue weighted by molar-refractivity contribution is -0.384. The maximum atomic E-state index is 14.0. The summed E-state index contributed by atoms with van der Waals surface area (Å²) in [5.74, 6) is -1.13.